The fraction of sp³-hybridized carbons (Fsp3) is 0.846. The number of carbonyl (C=O) groups is 2. The second-order valence-corrected chi connectivity index (χ2v) is 5.10. The first-order valence-corrected chi connectivity index (χ1v) is 6.81. The summed E-state index contributed by atoms with van der Waals surface area (Å²) in [5, 5.41) is 8.54. The average molecular weight is 255 g/mol. The lowest BCUT2D eigenvalue weighted by Crippen LogP contribution is -2.51. The number of rotatable bonds is 5. The highest BCUT2D eigenvalue weighted by Crippen LogP contribution is 2.30. The SMILES string of the molecule is O=C(O)CCCCC(=O)N1CCOC2CCCC21. The molecule has 0 aromatic heterocycles. The Morgan fingerprint density at radius 3 is 2.78 bits per heavy atom. The summed E-state index contributed by atoms with van der Waals surface area (Å²) in [7, 11) is 0. The van der Waals surface area contributed by atoms with E-state index in [1.54, 1.807) is 0 Å². The second kappa shape index (κ2) is 6.18. The normalized spacial score (nSPS) is 27.0. The minimum atomic E-state index is -0.787. The molecule has 1 saturated carbocycles. The van der Waals surface area contributed by atoms with Crippen molar-refractivity contribution in [2.24, 2.45) is 0 Å². The maximum atomic E-state index is 12.1. The molecular formula is C13H21NO4. The van der Waals surface area contributed by atoms with Crippen molar-refractivity contribution in [1.29, 1.82) is 0 Å². The number of aliphatic carboxylic acids is 1. The van der Waals surface area contributed by atoms with Gasteiger partial charge in [0.25, 0.3) is 0 Å². The molecule has 2 fully saturated rings. The lowest BCUT2D eigenvalue weighted by atomic mass is 10.1. The molecule has 1 aliphatic carbocycles. The number of carboxylic acids is 1. The molecule has 0 aromatic rings. The van der Waals surface area contributed by atoms with Crippen LogP contribution in [0.5, 0.6) is 0 Å². The van der Waals surface area contributed by atoms with E-state index in [9.17, 15) is 9.59 Å². The Bertz CT molecular complexity index is 318. The molecule has 0 aromatic carbocycles. The lowest BCUT2D eigenvalue weighted by Gasteiger charge is -2.37. The third-order valence-corrected chi connectivity index (χ3v) is 3.83. The Labute approximate surface area is 107 Å². The van der Waals surface area contributed by atoms with Crippen molar-refractivity contribution in [3.05, 3.63) is 0 Å². The van der Waals surface area contributed by atoms with E-state index in [1.165, 1.54) is 0 Å². The number of amides is 1. The van der Waals surface area contributed by atoms with Crippen molar-refractivity contribution in [3.8, 4) is 0 Å². The van der Waals surface area contributed by atoms with Gasteiger partial charge in [-0.2, -0.15) is 0 Å². The van der Waals surface area contributed by atoms with Crippen LogP contribution in [0.25, 0.3) is 0 Å². The molecule has 5 nitrogen and oxygen atoms in total. The van der Waals surface area contributed by atoms with Crippen LogP contribution in [0.15, 0.2) is 0 Å². The van der Waals surface area contributed by atoms with Crippen LogP contribution >= 0.6 is 0 Å². The van der Waals surface area contributed by atoms with Crippen LogP contribution in [-0.2, 0) is 14.3 Å². The molecule has 0 radical (unpaired) electrons. The molecule has 2 unspecified atom stereocenters. The smallest absolute Gasteiger partial charge is 0.303 e. The molecule has 0 spiro atoms. The van der Waals surface area contributed by atoms with Crippen molar-refractivity contribution < 1.29 is 19.4 Å². The van der Waals surface area contributed by atoms with E-state index in [-0.39, 0.29) is 24.5 Å². The largest absolute Gasteiger partial charge is 0.481 e. The number of carboxylic acid groups (broad SMARTS) is 1. The summed E-state index contributed by atoms with van der Waals surface area (Å²) in [4.78, 5) is 24.5. The Balaban J connectivity index is 1.75. The Hall–Kier alpha value is -1.10. The van der Waals surface area contributed by atoms with Crippen LogP contribution in [-0.4, -0.2) is 47.2 Å². The molecular weight excluding hydrogens is 234 g/mol. The average Bonchev–Trinajstić information content (AvgIpc) is 2.82. The van der Waals surface area contributed by atoms with Crippen LogP contribution in [0.3, 0.4) is 0 Å². The molecule has 1 heterocycles. The summed E-state index contributed by atoms with van der Waals surface area (Å²) >= 11 is 0. The van der Waals surface area contributed by atoms with E-state index in [2.05, 4.69) is 0 Å². The highest BCUT2D eigenvalue weighted by molar-refractivity contribution is 5.76. The van der Waals surface area contributed by atoms with Gasteiger partial charge in [0.2, 0.25) is 5.91 Å². The van der Waals surface area contributed by atoms with Gasteiger partial charge in [0, 0.05) is 19.4 Å². The van der Waals surface area contributed by atoms with Gasteiger partial charge in [-0.05, 0) is 32.1 Å². The van der Waals surface area contributed by atoms with Crippen LogP contribution in [0.4, 0.5) is 0 Å². The summed E-state index contributed by atoms with van der Waals surface area (Å²) in [5.41, 5.74) is 0. The third-order valence-electron chi connectivity index (χ3n) is 3.83. The zero-order chi connectivity index (χ0) is 13.0. The van der Waals surface area contributed by atoms with E-state index in [0.717, 1.165) is 19.3 Å². The van der Waals surface area contributed by atoms with Crippen molar-refractivity contribution in [2.45, 2.75) is 57.1 Å². The van der Waals surface area contributed by atoms with Crippen molar-refractivity contribution in [2.75, 3.05) is 13.2 Å². The molecule has 1 N–H and O–H groups in total. The predicted octanol–water partition coefficient (Wildman–Crippen LogP) is 1.41. The first-order valence-electron chi connectivity index (χ1n) is 6.81. The third kappa shape index (κ3) is 3.22. The van der Waals surface area contributed by atoms with Gasteiger partial charge >= 0.3 is 5.97 Å². The zero-order valence-electron chi connectivity index (χ0n) is 10.6. The number of carbonyl (C=O) groups excluding carboxylic acids is 1. The Morgan fingerprint density at radius 1 is 1.22 bits per heavy atom. The maximum Gasteiger partial charge on any atom is 0.303 e. The fourth-order valence-electron chi connectivity index (χ4n) is 2.93. The molecule has 2 aliphatic rings. The molecule has 1 amide bonds. The zero-order valence-corrected chi connectivity index (χ0v) is 10.6. The van der Waals surface area contributed by atoms with Gasteiger partial charge in [-0.1, -0.05) is 0 Å². The molecule has 1 aliphatic heterocycles. The van der Waals surface area contributed by atoms with Crippen molar-refractivity contribution >= 4 is 11.9 Å². The van der Waals surface area contributed by atoms with Gasteiger partial charge in [-0.15, -0.1) is 0 Å². The lowest BCUT2D eigenvalue weighted by molar-refractivity contribution is -0.144. The summed E-state index contributed by atoms with van der Waals surface area (Å²) in [6.07, 6.45) is 5.36. The molecule has 2 atom stereocenters. The van der Waals surface area contributed by atoms with E-state index < -0.39 is 5.97 Å². The fourth-order valence-corrected chi connectivity index (χ4v) is 2.93. The standard InChI is InChI=1S/C13H21NO4/c15-12(6-1-2-7-13(16)17)14-8-9-18-11-5-3-4-10(11)14/h10-11H,1-9H2,(H,16,17). The molecule has 102 valence electrons. The van der Waals surface area contributed by atoms with Gasteiger partial charge in [-0.25, -0.2) is 0 Å². The molecule has 0 bridgehead atoms. The van der Waals surface area contributed by atoms with E-state index in [0.29, 0.717) is 32.4 Å². The molecule has 2 rings (SSSR count). The Kier molecular flexibility index (Phi) is 4.58. The first kappa shape index (κ1) is 13.3. The van der Waals surface area contributed by atoms with E-state index >= 15 is 0 Å². The van der Waals surface area contributed by atoms with Gasteiger partial charge in [0.05, 0.1) is 18.8 Å². The van der Waals surface area contributed by atoms with Crippen LogP contribution in [0.2, 0.25) is 0 Å². The Morgan fingerprint density at radius 2 is 2.00 bits per heavy atom. The first-order chi connectivity index (χ1) is 8.68. The van der Waals surface area contributed by atoms with Crippen molar-refractivity contribution in [3.63, 3.8) is 0 Å². The second-order valence-electron chi connectivity index (χ2n) is 5.10. The van der Waals surface area contributed by atoms with Crippen molar-refractivity contribution in [1.82, 2.24) is 4.90 Å². The summed E-state index contributed by atoms with van der Waals surface area (Å²) < 4.78 is 5.67. The summed E-state index contributed by atoms with van der Waals surface area (Å²) in [6.45, 7) is 1.33. The van der Waals surface area contributed by atoms with Crippen LogP contribution in [0, 0.1) is 0 Å². The van der Waals surface area contributed by atoms with Crippen LogP contribution < -0.4 is 0 Å². The number of ether oxygens (including phenoxy) is 1. The van der Waals surface area contributed by atoms with Gasteiger partial charge in [0.15, 0.2) is 0 Å². The molecule has 5 heteroatoms. The molecule has 1 saturated heterocycles. The van der Waals surface area contributed by atoms with E-state index in [1.807, 2.05) is 4.90 Å². The van der Waals surface area contributed by atoms with Crippen LogP contribution in [0.1, 0.15) is 44.9 Å². The summed E-state index contributed by atoms with van der Waals surface area (Å²) in [6, 6.07) is 0.269. The molecule has 18 heavy (non-hydrogen) atoms. The van der Waals surface area contributed by atoms with Gasteiger partial charge < -0.3 is 14.7 Å². The van der Waals surface area contributed by atoms with Gasteiger partial charge in [0.1, 0.15) is 0 Å². The number of unbranched alkanes of at least 4 members (excludes halogenated alkanes) is 1. The monoisotopic (exact) mass is 255 g/mol. The topological polar surface area (TPSA) is 66.8 Å². The number of hydrogen-bond donors (Lipinski definition) is 1. The van der Waals surface area contributed by atoms with Gasteiger partial charge in [-0.3, -0.25) is 9.59 Å². The maximum absolute atomic E-state index is 12.1. The minimum Gasteiger partial charge on any atom is -0.481 e. The number of hydrogen-bond acceptors (Lipinski definition) is 3. The number of fused-ring (bicyclic) bond motifs is 1. The van der Waals surface area contributed by atoms with E-state index in [4.69, 9.17) is 9.84 Å². The predicted molar refractivity (Wildman–Crippen MR) is 65.2 cm³/mol. The summed E-state index contributed by atoms with van der Waals surface area (Å²) in [5.74, 6) is -0.620. The highest BCUT2D eigenvalue weighted by atomic mass is 16.5. The quantitative estimate of drug-likeness (QED) is 0.754. The highest BCUT2D eigenvalue weighted by Gasteiger charge is 2.37. The number of nitrogens with zero attached hydrogens (tertiary/aromatic N) is 1. The minimum absolute atomic E-state index is 0.155. The number of morpholine rings is 1.